The van der Waals surface area contributed by atoms with Gasteiger partial charge in [-0.1, -0.05) is 18.2 Å². The lowest BCUT2D eigenvalue weighted by molar-refractivity contribution is -0.140. The van der Waals surface area contributed by atoms with Crippen LogP contribution in [-0.2, 0) is 14.3 Å². The van der Waals surface area contributed by atoms with Crippen molar-refractivity contribution in [2.24, 2.45) is 0 Å². The molecule has 1 atom stereocenters. The summed E-state index contributed by atoms with van der Waals surface area (Å²) in [4.78, 5) is 25.8. The molecule has 0 bridgehead atoms. The molecule has 1 aliphatic heterocycles. The number of carbonyl (C=O) groups is 2. The van der Waals surface area contributed by atoms with Gasteiger partial charge in [0, 0.05) is 24.9 Å². The van der Waals surface area contributed by atoms with Crippen LogP contribution >= 0.6 is 11.8 Å². The molecule has 1 heterocycles. The van der Waals surface area contributed by atoms with Gasteiger partial charge in [-0.05, 0) is 40.6 Å². The second-order valence-electron chi connectivity index (χ2n) is 5.97. The summed E-state index contributed by atoms with van der Waals surface area (Å²) in [7, 11) is 3.02. The number of thioether (sulfide) groups is 1. The van der Waals surface area contributed by atoms with Gasteiger partial charge in [0.15, 0.2) is 0 Å². The Labute approximate surface area is 157 Å². The molecule has 0 N–H and O–H groups in total. The van der Waals surface area contributed by atoms with E-state index in [-0.39, 0.29) is 17.1 Å². The molecule has 0 aromatic heterocycles. The molecular weight excluding hydrogens is 350 g/mol. The zero-order valence-corrected chi connectivity index (χ0v) is 15.6. The number of hydrogen-bond donors (Lipinski definition) is 0. The Morgan fingerprint density at radius 2 is 1.92 bits per heavy atom. The van der Waals surface area contributed by atoms with E-state index in [4.69, 9.17) is 9.47 Å². The number of nitrogens with zero attached hydrogens (tertiary/aromatic N) is 1. The van der Waals surface area contributed by atoms with Crippen LogP contribution < -0.4 is 4.74 Å². The third-order valence-corrected chi connectivity index (χ3v) is 5.49. The van der Waals surface area contributed by atoms with E-state index >= 15 is 0 Å². The van der Waals surface area contributed by atoms with E-state index in [1.54, 1.807) is 24.2 Å². The van der Waals surface area contributed by atoms with E-state index in [1.165, 1.54) is 18.9 Å². The second-order valence-corrected chi connectivity index (χ2v) is 7.28. The Hall–Kier alpha value is -2.47. The Balaban J connectivity index is 1.69. The summed E-state index contributed by atoms with van der Waals surface area (Å²) in [5.41, 5.74) is 0.951. The first kappa shape index (κ1) is 18.3. The van der Waals surface area contributed by atoms with Gasteiger partial charge < -0.3 is 14.4 Å². The molecule has 0 radical (unpaired) electrons. The molecule has 3 rings (SSSR count). The Bertz CT molecular complexity index is 849. The highest BCUT2D eigenvalue weighted by atomic mass is 32.2. The summed E-state index contributed by atoms with van der Waals surface area (Å²) < 4.78 is 10.0. The number of methoxy groups -OCH3 is 2. The van der Waals surface area contributed by atoms with Crippen LogP contribution in [0.5, 0.6) is 5.75 Å². The minimum atomic E-state index is -0.304. The third-order valence-electron chi connectivity index (χ3n) is 4.33. The molecule has 2 aromatic rings. The van der Waals surface area contributed by atoms with Gasteiger partial charge in [0.1, 0.15) is 11.0 Å². The first-order valence-electron chi connectivity index (χ1n) is 8.35. The Morgan fingerprint density at radius 1 is 1.15 bits per heavy atom. The van der Waals surface area contributed by atoms with Crippen LogP contribution in [0.1, 0.15) is 5.56 Å². The van der Waals surface area contributed by atoms with Crippen molar-refractivity contribution < 1.29 is 19.1 Å². The second kappa shape index (κ2) is 8.27. The molecule has 2 aromatic carbocycles. The topological polar surface area (TPSA) is 55.8 Å². The van der Waals surface area contributed by atoms with Crippen LogP contribution in [0.25, 0.3) is 16.8 Å². The van der Waals surface area contributed by atoms with Crippen molar-refractivity contribution in [2.45, 2.75) is 5.25 Å². The van der Waals surface area contributed by atoms with Gasteiger partial charge in [-0.15, -0.1) is 11.8 Å². The average molecular weight is 371 g/mol. The fourth-order valence-electron chi connectivity index (χ4n) is 2.87. The van der Waals surface area contributed by atoms with Crippen LogP contribution in [0.15, 0.2) is 42.5 Å². The quantitative estimate of drug-likeness (QED) is 0.611. The zero-order chi connectivity index (χ0) is 18.5. The highest BCUT2D eigenvalue weighted by molar-refractivity contribution is 8.00. The molecule has 1 aliphatic rings. The Kier molecular flexibility index (Phi) is 5.83. The summed E-state index contributed by atoms with van der Waals surface area (Å²) in [6.07, 6.45) is 3.37. The smallest absolute Gasteiger partial charge is 0.320 e. The number of ether oxygens (including phenoxy) is 2. The van der Waals surface area contributed by atoms with Gasteiger partial charge >= 0.3 is 5.97 Å². The first-order valence-corrected chi connectivity index (χ1v) is 9.40. The lowest BCUT2D eigenvalue weighted by Crippen LogP contribution is -2.44. The number of hydrogen-bond acceptors (Lipinski definition) is 5. The average Bonchev–Trinajstić information content (AvgIpc) is 2.70. The van der Waals surface area contributed by atoms with Crippen molar-refractivity contribution in [1.29, 1.82) is 0 Å². The summed E-state index contributed by atoms with van der Waals surface area (Å²) in [5, 5.41) is 1.86. The van der Waals surface area contributed by atoms with Crippen molar-refractivity contribution >= 4 is 40.5 Å². The molecule has 0 unspecified atom stereocenters. The SMILES string of the molecule is COC(=O)[C@@H]1CN(C(=O)/C=C/c2ccc3cc(OC)ccc3c2)CCS1. The van der Waals surface area contributed by atoms with E-state index in [2.05, 4.69) is 0 Å². The minimum absolute atomic E-state index is 0.0889. The van der Waals surface area contributed by atoms with Crippen molar-refractivity contribution in [2.75, 3.05) is 33.1 Å². The predicted octanol–water partition coefficient (Wildman–Crippen LogP) is 2.98. The van der Waals surface area contributed by atoms with Gasteiger partial charge in [-0.25, -0.2) is 0 Å². The number of amides is 1. The van der Waals surface area contributed by atoms with E-state index in [0.29, 0.717) is 13.1 Å². The highest BCUT2D eigenvalue weighted by Gasteiger charge is 2.28. The summed E-state index contributed by atoms with van der Waals surface area (Å²) in [6.45, 7) is 1.02. The van der Waals surface area contributed by atoms with Gasteiger partial charge in [-0.3, -0.25) is 9.59 Å². The highest BCUT2D eigenvalue weighted by Crippen LogP contribution is 2.23. The van der Waals surface area contributed by atoms with Crippen LogP contribution in [0.2, 0.25) is 0 Å². The molecule has 1 fully saturated rings. The molecule has 136 valence electrons. The fraction of sp³-hybridized carbons (Fsp3) is 0.300. The van der Waals surface area contributed by atoms with Gasteiger partial charge in [0.2, 0.25) is 5.91 Å². The summed E-state index contributed by atoms with van der Waals surface area (Å²) in [6, 6.07) is 11.9. The number of carbonyl (C=O) groups excluding carboxylic acids is 2. The number of rotatable bonds is 4. The number of esters is 1. The first-order chi connectivity index (χ1) is 12.6. The van der Waals surface area contributed by atoms with E-state index < -0.39 is 0 Å². The fourth-order valence-corrected chi connectivity index (χ4v) is 4.00. The van der Waals surface area contributed by atoms with E-state index in [0.717, 1.165) is 27.8 Å². The maximum Gasteiger partial charge on any atom is 0.320 e. The van der Waals surface area contributed by atoms with Crippen LogP contribution in [0.3, 0.4) is 0 Å². The van der Waals surface area contributed by atoms with E-state index in [1.807, 2.05) is 36.4 Å². The summed E-state index contributed by atoms with van der Waals surface area (Å²) >= 11 is 1.53. The molecule has 1 amide bonds. The summed E-state index contributed by atoms with van der Waals surface area (Å²) in [5.74, 6) is 1.19. The van der Waals surface area contributed by atoms with Gasteiger partial charge in [0.05, 0.1) is 14.2 Å². The molecule has 6 heteroatoms. The molecule has 0 spiro atoms. The molecule has 1 saturated heterocycles. The van der Waals surface area contributed by atoms with Crippen molar-refractivity contribution in [3.8, 4) is 5.75 Å². The maximum atomic E-state index is 12.4. The van der Waals surface area contributed by atoms with Crippen LogP contribution in [-0.4, -0.2) is 55.1 Å². The molecule has 0 aliphatic carbocycles. The maximum absolute atomic E-state index is 12.4. The molecule has 0 saturated carbocycles. The van der Waals surface area contributed by atoms with E-state index in [9.17, 15) is 9.59 Å². The number of benzene rings is 2. The third kappa shape index (κ3) is 4.19. The standard InChI is InChI=1S/C20H21NO4S/c1-24-17-7-6-15-11-14(3-5-16(15)12-17)4-8-19(22)21-9-10-26-18(13-21)20(23)25-2/h3-8,11-12,18H,9-10,13H2,1-2H3/b8-4+/t18-/m0/s1. The zero-order valence-electron chi connectivity index (χ0n) is 14.8. The normalized spacial score (nSPS) is 17.5. The lowest BCUT2D eigenvalue weighted by atomic mass is 10.1. The Morgan fingerprint density at radius 3 is 2.69 bits per heavy atom. The predicted molar refractivity (Wildman–Crippen MR) is 104 cm³/mol. The van der Waals surface area contributed by atoms with Crippen molar-refractivity contribution in [1.82, 2.24) is 4.90 Å². The van der Waals surface area contributed by atoms with Crippen LogP contribution in [0, 0.1) is 0 Å². The monoisotopic (exact) mass is 371 g/mol. The lowest BCUT2D eigenvalue weighted by Gasteiger charge is -2.30. The molecule has 26 heavy (non-hydrogen) atoms. The number of fused-ring (bicyclic) bond motifs is 1. The molecule has 5 nitrogen and oxygen atoms in total. The van der Waals surface area contributed by atoms with Crippen molar-refractivity contribution in [3.63, 3.8) is 0 Å². The van der Waals surface area contributed by atoms with Crippen LogP contribution in [0.4, 0.5) is 0 Å². The van der Waals surface area contributed by atoms with Gasteiger partial charge in [-0.2, -0.15) is 0 Å². The van der Waals surface area contributed by atoms with Crippen molar-refractivity contribution in [3.05, 3.63) is 48.0 Å². The largest absolute Gasteiger partial charge is 0.497 e. The molecular formula is C20H21NO4S. The minimum Gasteiger partial charge on any atom is -0.497 e. The van der Waals surface area contributed by atoms with Gasteiger partial charge in [0.25, 0.3) is 0 Å².